The van der Waals surface area contributed by atoms with E-state index in [-0.39, 0.29) is 0 Å². The minimum absolute atomic E-state index is 0.460. The molecule has 0 amide bonds. The molecule has 5 saturated carbocycles. The SMILES string of the molecule is CC(C)(C)C1(C(C)(C)C)CC1.CC(C)(C)C1(C(C)(C)C)CCC1.CC(C)(C)C1(C(C)(C)C)CCCC1.CC(C)(C)C12CCCCC1C2(C)C. The van der Waals surface area contributed by atoms with E-state index in [0.717, 1.165) is 5.92 Å². The van der Waals surface area contributed by atoms with Crippen LogP contribution in [0.15, 0.2) is 0 Å². The summed E-state index contributed by atoms with van der Waals surface area (Å²) in [4.78, 5) is 0. The van der Waals surface area contributed by atoms with Crippen LogP contribution in [0.5, 0.6) is 0 Å². The summed E-state index contributed by atoms with van der Waals surface area (Å²) in [6.45, 7) is 55.5. The molecule has 49 heavy (non-hydrogen) atoms. The Morgan fingerprint density at radius 3 is 0.714 bits per heavy atom. The van der Waals surface area contributed by atoms with Crippen molar-refractivity contribution in [1.82, 2.24) is 0 Å². The van der Waals surface area contributed by atoms with Gasteiger partial charge in [-0.3, -0.25) is 0 Å². The zero-order valence-electron chi connectivity index (χ0n) is 38.8. The Hall–Kier alpha value is 0. The molecular formula is C49H96. The van der Waals surface area contributed by atoms with Crippen molar-refractivity contribution in [2.45, 2.75) is 243 Å². The smallest absolute Gasteiger partial charge is 0.0161 e. The molecule has 2 atom stereocenters. The summed E-state index contributed by atoms with van der Waals surface area (Å²) in [5.74, 6) is 1.02. The average Bonchev–Trinajstić information content (AvgIpc) is 3.65. The number of hydrogen-bond donors (Lipinski definition) is 0. The van der Waals surface area contributed by atoms with Gasteiger partial charge in [0.25, 0.3) is 0 Å². The second-order valence-corrected chi connectivity index (χ2v) is 26.0. The molecule has 0 N–H and O–H groups in total. The molecule has 0 heterocycles. The van der Waals surface area contributed by atoms with Gasteiger partial charge in [-0.15, -0.1) is 0 Å². The molecule has 0 spiro atoms. The van der Waals surface area contributed by atoms with Gasteiger partial charge in [0.15, 0.2) is 0 Å². The second kappa shape index (κ2) is 13.7. The van der Waals surface area contributed by atoms with Crippen LogP contribution in [0.25, 0.3) is 0 Å². The van der Waals surface area contributed by atoms with Gasteiger partial charge in [-0.1, -0.05) is 191 Å². The minimum Gasteiger partial charge on any atom is -0.0596 e. The van der Waals surface area contributed by atoms with Gasteiger partial charge in [0.2, 0.25) is 0 Å². The van der Waals surface area contributed by atoms with Crippen molar-refractivity contribution in [2.75, 3.05) is 0 Å². The highest BCUT2D eigenvalue weighted by molar-refractivity contribution is 5.22. The highest BCUT2D eigenvalue weighted by Crippen LogP contribution is 2.80. The van der Waals surface area contributed by atoms with Crippen molar-refractivity contribution in [3.05, 3.63) is 0 Å². The van der Waals surface area contributed by atoms with E-state index < -0.39 is 0 Å². The van der Waals surface area contributed by atoms with Gasteiger partial charge in [0.1, 0.15) is 0 Å². The molecule has 5 fully saturated rings. The van der Waals surface area contributed by atoms with Crippen molar-refractivity contribution in [3.8, 4) is 0 Å². The highest BCUT2D eigenvalue weighted by Gasteiger charge is 2.74. The van der Waals surface area contributed by atoms with Gasteiger partial charge in [0, 0.05) is 0 Å². The van der Waals surface area contributed by atoms with Crippen molar-refractivity contribution in [1.29, 1.82) is 0 Å². The first-order valence-electron chi connectivity index (χ1n) is 21.5. The second-order valence-electron chi connectivity index (χ2n) is 26.0. The quantitative estimate of drug-likeness (QED) is 0.238. The van der Waals surface area contributed by atoms with Crippen molar-refractivity contribution in [2.24, 2.45) is 70.9 Å². The van der Waals surface area contributed by atoms with Crippen LogP contribution in [0.4, 0.5) is 0 Å². The van der Waals surface area contributed by atoms with Gasteiger partial charge >= 0.3 is 0 Å². The molecule has 5 aliphatic rings. The summed E-state index contributed by atoms with van der Waals surface area (Å²) in [5.41, 5.74) is 6.47. The van der Waals surface area contributed by atoms with E-state index in [4.69, 9.17) is 0 Å². The molecule has 2 unspecified atom stereocenters. The lowest BCUT2D eigenvalue weighted by atomic mass is 9.45. The Balaban J connectivity index is 0.000000227. The van der Waals surface area contributed by atoms with Crippen molar-refractivity contribution >= 4 is 0 Å². The third-order valence-electron chi connectivity index (χ3n) is 17.2. The molecule has 0 aromatic rings. The van der Waals surface area contributed by atoms with E-state index >= 15 is 0 Å². The van der Waals surface area contributed by atoms with Gasteiger partial charge in [-0.05, 0) is 122 Å². The fourth-order valence-electron chi connectivity index (χ4n) is 14.2. The lowest BCUT2D eigenvalue weighted by Gasteiger charge is -2.60. The van der Waals surface area contributed by atoms with Crippen LogP contribution in [-0.4, -0.2) is 0 Å². The Kier molecular flexibility index (Phi) is 12.6. The summed E-state index contributed by atoms with van der Waals surface area (Å²) in [6.07, 6.45) is 18.8. The predicted octanol–water partition coefficient (Wildman–Crippen LogP) is 17.0. The summed E-state index contributed by atoms with van der Waals surface area (Å²) in [6, 6.07) is 0. The van der Waals surface area contributed by atoms with Crippen LogP contribution in [0.1, 0.15) is 243 Å². The maximum absolute atomic E-state index is 2.49. The van der Waals surface area contributed by atoms with E-state index in [1.54, 1.807) is 0 Å². The van der Waals surface area contributed by atoms with E-state index in [9.17, 15) is 0 Å². The molecule has 0 aromatic carbocycles. The molecule has 0 saturated heterocycles. The number of hydrogen-bond acceptors (Lipinski definition) is 0. The van der Waals surface area contributed by atoms with Crippen LogP contribution < -0.4 is 0 Å². The lowest BCUT2D eigenvalue weighted by Crippen LogP contribution is -2.51. The fraction of sp³-hybridized carbons (Fsp3) is 1.00. The standard InChI is InChI=1S/C13H24.C13H26.C12H24.C11H22/c1-11(2,3)13-9-7-6-8-10(13)12(13,4)5;1-11(2,3)13(12(4,5)6)9-7-8-10-13;1-10(2,3)12(8-7-9-12)11(4,5)6;1-9(2,3)11(7-8-11)10(4,5)6/h10H,6-9H2,1-5H3;7-10H2,1-6H3;7-9H2,1-6H3;7-8H2,1-6H3. The molecule has 0 nitrogen and oxygen atoms in total. The van der Waals surface area contributed by atoms with Gasteiger partial charge in [-0.25, -0.2) is 0 Å². The fourth-order valence-corrected chi connectivity index (χ4v) is 14.2. The molecule has 0 aliphatic heterocycles. The summed E-state index contributed by atoms with van der Waals surface area (Å²) in [7, 11) is 0. The van der Waals surface area contributed by atoms with Gasteiger partial charge in [-0.2, -0.15) is 0 Å². The number of fused-ring (bicyclic) bond motifs is 1. The normalized spacial score (nSPS) is 28.6. The van der Waals surface area contributed by atoms with E-state index in [2.05, 4.69) is 159 Å². The van der Waals surface area contributed by atoms with Crippen LogP contribution in [0.2, 0.25) is 0 Å². The molecule has 5 aliphatic carbocycles. The average molecular weight is 685 g/mol. The monoisotopic (exact) mass is 685 g/mol. The zero-order valence-corrected chi connectivity index (χ0v) is 38.8. The first kappa shape index (κ1) is 45.2. The molecule has 292 valence electrons. The van der Waals surface area contributed by atoms with Crippen molar-refractivity contribution in [3.63, 3.8) is 0 Å². The van der Waals surface area contributed by atoms with Crippen LogP contribution in [-0.2, 0) is 0 Å². The third kappa shape index (κ3) is 8.10. The van der Waals surface area contributed by atoms with Crippen molar-refractivity contribution < 1.29 is 0 Å². The first-order chi connectivity index (χ1) is 21.5. The minimum atomic E-state index is 0.460. The van der Waals surface area contributed by atoms with Crippen LogP contribution >= 0.6 is 0 Å². The predicted molar refractivity (Wildman–Crippen MR) is 223 cm³/mol. The number of rotatable bonds is 0. The van der Waals surface area contributed by atoms with Crippen LogP contribution in [0, 0.1) is 70.9 Å². The van der Waals surface area contributed by atoms with E-state index in [0.29, 0.717) is 65.0 Å². The molecule has 5 rings (SSSR count). The van der Waals surface area contributed by atoms with E-state index in [1.165, 1.54) is 83.5 Å². The molecular weight excluding hydrogens is 589 g/mol. The third-order valence-corrected chi connectivity index (χ3v) is 17.2. The summed E-state index contributed by atoms with van der Waals surface area (Å²) < 4.78 is 0. The Morgan fingerprint density at radius 1 is 0.306 bits per heavy atom. The topological polar surface area (TPSA) is 0 Å². The largest absolute Gasteiger partial charge is 0.0596 e. The Labute approximate surface area is 312 Å². The summed E-state index contributed by atoms with van der Waals surface area (Å²) >= 11 is 0. The molecule has 0 heteroatoms. The Morgan fingerprint density at radius 2 is 0.571 bits per heavy atom. The van der Waals surface area contributed by atoms with Gasteiger partial charge < -0.3 is 0 Å². The molecule has 0 bridgehead atoms. The highest BCUT2D eigenvalue weighted by atomic mass is 14.8. The Bertz CT molecular complexity index is 994. The zero-order chi connectivity index (χ0) is 38.8. The summed E-state index contributed by atoms with van der Waals surface area (Å²) in [5, 5.41) is 0. The maximum Gasteiger partial charge on any atom is -0.0161 e. The van der Waals surface area contributed by atoms with E-state index in [1.807, 2.05) is 0 Å². The van der Waals surface area contributed by atoms with Crippen LogP contribution in [0.3, 0.4) is 0 Å². The lowest BCUT2D eigenvalue weighted by molar-refractivity contribution is -0.100. The molecule has 0 aromatic heterocycles. The molecule has 0 radical (unpaired) electrons. The van der Waals surface area contributed by atoms with Gasteiger partial charge in [0.05, 0.1) is 0 Å². The maximum atomic E-state index is 2.49. The first-order valence-corrected chi connectivity index (χ1v) is 21.5.